The second-order valence-corrected chi connectivity index (χ2v) is 6.62. The Morgan fingerprint density at radius 2 is 2.04 bits per heavy atom. The van der Waals surface area contributed by atoms with Crippen molar-refractivity contribution in [3.05, 3.63) is 0 Å². The van der Waals surface area contributed by atoms with Gasteiger partial charge in [0.2, 0.25) is 5.91 Å². The van der Waals surface area contributed by atoms with Gasteiger partial charge in [0, 0.05) is 39.8 Å². The van der Waals surface area contributed by atoms with E-state index in [0.717, 1.165) is 25.6 Å². The zero-order valence-electron chi connectivity index (χ0n) is 15.2. The Kier molecular flexibility index (Phi) is 8.32. The summed E-state index contributed by atoms with van der Waals surface area (Å²) in [5.74, 6) is 1.51. The Bertz CT molecular complexity index is 410. The number of hydrogen-bond donors (Lipinski definition) is 2. The minimum absolute atomic E-state index is 0.0599. The number of rotatable bonds is 8. The molecule has 0 aliphatic carbocycles. The summed E-state index contributed by atoms with van der Waals surface area (Å²) in [6.45, 7) is 9.88. The van der Waals surface area contributed by atoms with E-state index in [2.05, 4.69) is 32.3 Å². The van der Waals surface area contributed by atoms with Gasteiger partial charge in [0.25, 0.3) is 0 Å². The summed E-state index contributed by atoms with van der Waals surface area (Å²) in [6, 6.07) is 0. The molecule has 1 unspecified atom stereocenters. The minimum Gasteiger partial charge on any atom is -0.383 e. The zero-order chi connectivity index (χ0) is 17.2. The lowest BCUT2D eigenvalue weighted by Gasteiger charge is -2.23. The molecule has 0 spiro atoms. The standard InChI is InChI=1S/C17H33N5O2/c1-3-18-17(20-12-16(23)19-7-11-24-2)22-10-6-15(14-22)13-21-8-4-5-9-21/h15H,3-14H2,1-2H3,(H,18,20)(H,19,23). The number of nitrogens with one attached hydrogen (secondary N) is 2. The Hall–Kier alpha value is -1.34. The summed E-state index contributed by atoms with van der Waals surface area (Å²) in [4.78, 5) is 21.2. The molecule has 1 amide bonds. The summed E-state index contributed by atoms with van der Waals surface area (Å²) in [7, 11) is 1.62. The molecule has 2 N–H and O–H groups in total. The molecule has 24 heavy (non-hydrogen) atoms. The maximum absolute atomic E-state index is 11.8. The average molecular weight is 339 g/mol. The van der Waals surface area contributed by atoms with Crippen molar-refractivity contribution in [1.82, 2.24) is 20.4 Å². The maximum atomic E-state index is 11.8. The summed E-state index contributed by atoms with van der Waals surface area (Å²) < 4.78 is 4.93. The first-order valence-corrected chi connectivity index (χ1v) is 9.24. The summed E-state index contributed by atoms with van der Waals surface area (Å²) in [6.07, 6.45) is 3.90. The smallest absolute Gasteiger partial charge is 0.241 e. The van der Waals surface area contributed by atoms with Crippen LogP contribution >= 0.6 is 0 Å². The lowest BCUT2D eigenvalue weighted by molar-refractivity contribution is -0.119. The number of methoxy groups -OCH3 is 1. The molecule has 2 fully saturated rings. The van der Waals surface area contributed by atoms with Gasteiger partial charge in [-0.3, -0.25) is 4.79 Å². The number of guanidine groups is 1. The highest BCUT2D eigenvalue weighted by Crippen LogP contribution is 2.19. The Morgan fingerprint density at radius 1 is 1.25 bits per heavy atom. The number of carbonyl (C=O) groups excluding carboxylic acids is 1. The van der Waals surface area contributed by atoms with Crippen LogP contribution in [-0.2, 0) is 9.53 Å². The average Bonchev–Trinajstić information content (AvgIpc) is 3.24. The summed E-state index contributed by atoms with van der Waals surface area (Å²) in [5, 5.41) is 6.12. The molecule has 138 valence electrons. The van der Waals surface area contributed by atoms with Crippen molar-refractivity contribution in [2.75, 3.05) is 66.1 Å². The van der Waals surface area contributed by atoms with Gasteiger partial charge in [0.1, 0.15) is 6.54 Å². The first-order chi connectivity index (χ1) is 11.7. The molecule has 0 saturated carbocycles. The number of hydrogen-bond acceptors (Lipinski definition) is 4. The fourth-order valence-corrected chi connectivity index (χ4v) is 3.43. The van der Waals surface area contributed by atoms with Crippen LogP contribution in [0.3, 0.4) is 0 Å². The van der Waals surface area contributed by atoms with Gasteiger partial charge < -0.3 is 25.2 Å². The number of nitrogens with zero attached hydrogens (tertiary/aromatic N) is 3. The predicted octanol–water partition coefficient (Wildman–Crippen LogP) is 0.132. The SMILES string of the molecule is CCNC(=NCC(=O)NCCOC)N1CCC(CN2CCCC2)C1. The van der Waals surface area contributed by atoms with E-state index in [0.29, 0.717) is 19.1 Å². The van der Waals surface area contributed by atoms with Crippen molar-refractivity contribution in [3.63, 3.8) is 0 Å². The van der Waals surface area contributed by atoms with Crippen molar-refractivity contribution in [2.45, 2.75) is 26.2 Å². The molecule has 2 aliphatic rings. The molecule has 2 rings (SSSR count). The van der Waals surface area contributed by atoms with Crippen LogP contribution in [-0.4, -0.2) is 87.7 Å². The van der Waals surface area contributed by atoms with Crippen LogP contribution in [0.5, 0.6) is 0 Å². The van der Waals surface area contributed by atoms with Crippen molar-refractivity contribution in [2.24, 2.45) is 10.9 Å². The third kappa shape index (κ3) is 6.28. The predicted molar refractivity (Wildman–Crippen MR) is 96.2 cm³/mol. The molecule has 7 nitrogen and oxygen atoms in total. The van der Waals surface area contributed by atoms with Crippen LogP contribution in [0.2, 0.25) is 0 Å². The lowest BCUT2D eigenvalue weighted by atomic mass is 10.1. The van der Waals surface area contributed by atoms with Gasteiger partial charge in [-0.15, -0.1) is 0 Å². The Labute approximate surface area is 145 Å². The largest absolute Gasteiger partial charge is 0.383 e. The number of carbonyl (C=O) groups is 1. The van der Waals surface area contributed by atoms with Gasteiger partial charge in [-0.05, 0) is 45.2 Å². The third-order valence-electron chi connectivity index (χ3n) is 4.64. The first kappa shape index (κ1) is 19.0. The van der Waals surface area contributed by atoms with E-state index in [-0.39, 0.29) is 12.5 Å². The van der Waals surface area contributed by atoms with E-state index in [1.807, 2.05) is 0 Å². The quantitative estimate of drug-likeness (QED) is 0.374. The number of likely N-dealkylation sites (tertiary alicyclic amines) is 2. The number of ether oxygens (including phenoxy) is 1. The maximum Gasteiger partial charge on any atom is 0.241 e. The topological polar surface area (TPSA) is 69.2 Å². The molecule has 2 aliphatic heterocycles. The molecular formula is C17H33N5O2. The highest BCUT2D eigenvalue weighted by Gasteiger charge is 2.27. The van der Waals surface area contributed by atoms with Crippen LogP contribution in [0.1, 0.15) is 26.2 Å². The second kappa shape index (κ2) is 10.5. The van der Waals surface area contributed by atoms with E-state index < -0.39 is 0 Å². The van der Waals surface area contributed by atoms with E-state index >= 15 is 0 Å². The third-order valence-corrected chi connectivity index (χ3v) is 4.64. The van der Waals surface area contributed by atoms with Crippen molar-refractivity contribution < 1.29 is 9.53 Å². The fraction of sp³-hybridized carbons (Fsp3) is 0.882. The van der Waals surface area contributed by atoms with Gasteiger partial charge in [0.05, 0.1) is 6.61 Å². The molecule has 7 heteroatoms. The first-order valence-electron chi connectivity index (χ1n) is 9.24. The number of aliphatic imine (C=N–C) groups is 1. The summed E-state index contributed by atoms with van der Waals surface area (Å²) >= 11 is 0. The molecule has 2 saturated heterocycles. The molecule has 0 aromatic carbocycles. The van der Waals surface area contributed by atoms with Gasteiger partial charge in [-0.1, -0.05) is 0 Å². The van der Waals surface area contributed by atoms with E-state index in [9.17, 15) is 4.79 Å². The highest BCUT2D eigenvalue weighted by atomic mass is 16.5. The molecule has 0 aromatic heterocycles. The van der Waals surface area contributed by atoms with Gasteiger partial charge in [-0.2, -0.15) is 0 Å². The van der Waals surface area contributed by atoms with E-state index in [4.69, 9.17) is 4.74 Å². The Balaban J connectivity index is 1.78. The number of amides is 1. The molecule has 0 radical (unpaired) electrons. The fourth-order valence-electron chi connectivity index (χ4n) is 3.43. The summed E-state index contributed by atoms with van der Waals surface area (Å²) in [5.41, 5.74) is 0. The lowest BCUT2D eigenvalue weighted by Crippen LogP contribution is -2.41. The normalized spacial score (nSPS) is 22.2. The van der Waals surface area contributed by atoms with Crippen molar-refractivity contribution >= 4 is 11.9 Å². The van der Waals surface area contributed by atoms with Crippen LogP contribution in [0, 0.1) is 5.92 Å². The molecular weight excluding hydrogens is 306 g/mol. The Morgan fingerprint density at radius 3 is 2.75 bits per heavy atom. The van der Waals surface area contributed by atoms with Gasteiger partial charge in [-0.25, -0.2) is 4.99 Å². The second-order valence-electron chi connectivity index (χ2n) is 6.62. The monoisotopic (exact) mass is 339 g/mol. The van der Waals surface area contributed by atoms with E-state index in [1.165, 1.54) is 38.9 Å². The molecule has 2 heterocycles. The van der Waals surface area contributed by atoms with E-state index in [1.54, 1.807) is 7.11 Å². The van der Waals surface area contributed by atoms with Crippen molar-refractivity contribution in [1.29, 1.82) is 0 Å². The van der Waals surface area contributed by atoms with Crippen molar-refractivity contribution in [3.8, 4) is 0 Å². The minimum atomic E-state index is -0.0599. The molecule has 0 aromatic rings. The van der Waals surface area contributed by atoms with Crippen LogP contribution in [0.15, 0.2) is 4.99 Å². The van der Waals surface area contributed by atoms with Crippen LogP contribution in [0.25, 0.3) is 0 Å². The molecule has 0 bridgehead atoms. The van der Waals surface area contributed by atoms with Gasteiger partial charge >= 0.3 is 0 Å². The van der Waals surface area contributed by atoms with Gasteiger partial charge in [0.15, 0.2) is 5.96 Å². The van der Waals surface area contributed by atoms with Crippen LogP contribution in [0.4, 0.5) is 0 Å². The highest BCUT2D eigenvalue weighted by molar-refractivity contribution is 5.85. The van der Waals surface area contributed by atoms with Crippen LogP contribution < -0.4 is 10.6 Å². The molecule has 1 atom stereocenters. The zero-order valence-corrected chi connectivity index (χ0v) is 15.2.